The van der Waals surface area contributed by atoms with E-state index < -0.39 is 0 Å². The molecule has 0 aliphatic carbocycles. The van der Waals surface area contributed by atoms with E-state index in [-0.39, 0.29) is 24.3 Å². The van der Waals surface area contributed by atoms with Crippen LogP contribution in [0.2, 0.25) is 0 Å². The van der Waals surface area contributed by atoms with Gasteiger partial charge in [0.25, 0.3) is 0 Å². The molecule has 2 aromatic rings. The number of halogens is 1. The van der Waals surface area contributed by atoms with Crippen LogP contribution in [-0.2, 0) is 19.7 Å². The Morgan fingerprint density at radius 2 is 1.90 bits per heavy atom. The molecule has 0 radical (unpaired) electrons. The molecule has 1 aromatic carbocycles. The lowest BCUT2D eigenvalue weighted by Gasteiger charge is -2.22. The van der Waals surface area contributed by atoms with Crippen LogP contribution < -0.4 is 15.5 Å². The molecule has 1 aromatic heterocycles. The van der Waals surface area contributed by atoms with Gasteiger partial charge in [0.1, 0.15) is 5.82 Å². The van der Waals surface area contributed by atoms with Crippen molar-refractivity contribution in [3.05, 3.63) is 58.8 Å². The Bertz CT molecular complexity index is 971. The van der Waals surface area contributed by atoms with E-state index in [9.17, 15) is 14.4 Å². The number of amides is 3. The van der Waals surface area contributed by atoms with Gasteiger partial charge in [-0.05, 0) is 60.4 Å². The molecule has 8 heteroatoms. The predicted molar refractivity (Wildman–Crippen MR) is 123 cm³/mol. The number of anilines is 2. The molecule has 3 amide bonds. The van der Waals surface area contributed by atoms with Gasteiger partial charge in [0.05, 0.1) is 6.54 Å². The van der Waals surface area contributed by atoms with E-state index in [4.69, 9.17) is 0 Å². The summed E-state index contributed by atoms with van der Waals surface area (Å²) in [6, 6.07) is 7.26. The highest BCUT2D eigenvalue weighted by Crippen LogP contribution is 2.26. The summed E-state index contributed by atoms with van der Waals surface area (Å²) in [6.07, 6.45) is 4.46. The van der Waals surface area contributed by atoms with Crippen molar-refractivity contribution in [2.75, 3.05) is 23.8 Å². The topological polar surface area (TPSA) is 91.4 Å². The van der Waals surface area contributed by atoms with Crippen molar-refractivity contribution in [3.8, 4) is 0 Å². The summed E-state index contributed by atoms with van der Waals surface area (Å²) in [5.74, 6) is -0.369. The predicted octanol–water partition coefficient (Wildman–Crippen LogP) is 3.34. The lowest BCUT2D eigenvalue weighted by molar-refractivity contribution is -0.122. The van der Waals surface area contributed by atoms with Crippen LogP contribution in [0.5, 0.6) is 0 Å². The number of hydrogen-bond donors (Lipinski definition) is 2. The quantitative estimate of drug-likeness (QED) is 0.477. The molecule has 158 valence electrons. The minimum Gasteiger partial charge on any atom is -0.343 e. The summed E-state index contributed by atoms with van der Waals surface area (Å²) >= 11 is 3.49. The molecule has 2 rings (SSSR count). The van der Waals surface area contributed by atoms with Crippen molar-refractivity contribution in [2.24, 2.45) is 0 Å². The Balaban J connectivity index is 1.93. The maximum atomic E-state index is 12.5. The minimum atomic E-state index is -0.385. The Hall–Kier alpha value is -3.00. The number of carbonyl (C=O) groups is 3. The molecular weight excluding hydrogens is 448 g/mol. The summed E-state index contributed by atoms with van der Waals surface area (Å²) in [4.78, 5) is 41.2. The number of pyridine rings is 1. The first kappa shape index (κ1) is 23.3. The van der Waals surface area contributed by atoms with Crippen LogP contribution in [-0.4, -0.2) is 36.3 Å². The minimum absolute atomic E-state index is 0.115. The van der Waals surface area contributed by atoms with Crippen LogP contribution in [0.1, 0.15) is 29.2 Å². The van der Waals surface area contributed by atoms with Crippen LogP contribution in [0.4, 0.5) is 11.5 Å². The SMILES string of the molecule is CC(=O)Nc1ccc(/C=C/C(=O)NCC(=O)N(C)c2ccc(C)c(CBr)c2C)cn1. The molecule has 0 aliphatic heterocycles. The van der Waals surface area contributed by atoms with Crippen LogP contribution >= 0.6 is 15.9 Å². The second kappa shape index (κ2) is 10.7. The van der Waals surface area contributed by atoms with Gasteiger partial charge in [-0.3, -0.25) is 14.4 Å². The number of aryl methyl sites for hydroxylation is 1. The normalized spacial score (nSPS) is 10.7. The molecule has 0 saturated heterocycles. The van der Waals surface area contributed by atoms with Gasteiger partial charge in [-0.2, -0.15) is 0 Å². The van der Waals surface area contributed by atoms with Gasteiger partial charge in [0.2, 0.25) is 17.7 Å². The summed E-state index contributed by atoms with van der Waals surface area (Å²) < 4.78 is 0. The lowest BCUT2D eigenvalue weighted by Crippen LogP contribution is -2.38. The number of benzene rings is 1. The molecule has 0 bridgehead atoms. The number of likely N-dealkylation sites (N-methyl/N-ethyl adjacent to an activating group) is 1. The third kappa shape index (κ3) is 6.25. The second-order valence-electron chi connectivity index (χ2n) is 6.80. The van der Waals surface area contributed by atoms with Crippen molar-refractivity contribution in [3.63, 3.8) is 0 Å². The molecule has 0 fully saturated rings. The average molecular weight is 473 g/mol. The first-order valence-corrected chi connectivity index (χ1v) is 10.5. The van der Waals surface area contributed by atoms with E-state index in [1.54, 1.807) is 30.2 Å². The summed E-state index contributed by atoms with van der Waals surface area (Å²) in [6.45, 7) is 5.30. The molecule has 0 saturated carbocycles. The standard InChI is InChI=1S/C22H25BrN4O3/c1-14-5-8-19(15(2)18(14)11-23)27(4)22(30)13-25-21(29)10-7-17-6-9-20(24-12-17)26-16(3)28/h5-10,12H,11,13H2,1-4H3,(H,25,29)(H,24,26,28)/b10-7+. The van der Waals surface area contributed by atoms with Gasteiger partial charge in [0, 0.05) is 37.3 Å². The zero-order valence-corrected chi connectivity index (χ0v) is 19.0. The number of alkyl halides is 1. The fraction of sp³-hybridized carbons (Fsp3) is 0.273. The maximum Gasteiger partial charge on any atom is 0.246 e. The van der Waals surface area contributed by atoms with Crippen LogP contribution in [0.15, 0.2) is 36.5 Å². The van der Waals surface area contributed by atoms with Crippen molar-refractivity contribution in [1.82, 2.24) is 10.3 Å². The Morgan fingerprint density at radius 3 is 2.50 bits per heavy atom. The third-order valence-corrected chi connectivity index (χ3v) is 5.17. The zero-order chi connectivity index (χ0) is 22.3. The van der Waals surface area contributed by atoms with Crippen LogP contribution in [0.3, 0.4) is 0 Å². The lowest BCUT2D eigenvalue weighted by atomic mass is 10.0. The Labute approximate surface area is 184 Å². The molecule has 1 heterocycles. The smallest absolute Gasteiger partial charge is 0.246 e. The number of nitrogens with zero attached hydrogens (tertiary/aromatic N) is 2. The van der Waals surface area contributed by atoms with Crippen molar-refractivity contribution >= 4 is 51.2 Å². The summed E-state index contributed by atoms with van der Waals surface area (Å²) in [7, 11) is 1.70. The van der Waals surface area contributed by atoms with Crippen molar-refractivity contribution in [1.29, 1.82) is 0 Å². The van der Waals surface area contributed by atoms with E-state index in [1.165, 1.54) is 19.2 Å². The largest absolute Gasteiger partial charge is 0.343 e. The maximum absolute atomic E-state index is 12.5. The second-order valence-corrected chi connectivity index (χ2v) is 7.36. The summed E-state index contributed by atoms with van der Waals surface area (Å²) in [5, 5.41) is 5.88. The monoisotopic (exact) mass is 472 g/mol. The van der Waals surface area contributed by atoms with Crippen molar-refractivity contribution < 1.29 is 14.4 Å². The van der Waals surface area contributed by atoms with Gasteiger partial charge in [-0.25, -0.2) is 4.98 Å². The van der Waals surface area contributed by atoms with Crippen LogP contribution in [0, 0.1) is 13.8 Å². The highest BCUT2D eigenvalue weighted by Gasteiger charge is 2.16. The van der Waals surface area contributed by atoms with E-state index in [1.807, 2.05) is 26.0 Å². The number of carbonyl (C=O) groups excluding carboxylic acids is 3. The van der Waals surface area contributed by atoms with Gasteiger partial charge in [-0.15, -0.1) is 0 Å². The van der Waals surface area contributed by atoms with Gasteiger partial charge in [0.15, 0.2) is 0 Å². The van der Waals surface area contributed by atoms with E-state index >= 15 is 0 Å². The third-order valence-electron chi connectivity index (χ3n) is 4.60. The number of rotatable bonds is 7. The first-order valence-electron chi connectivity index (χ1n) is 9.34. The van der Waals surface area contributed by atoms with Crippen molar-refractivity contribution in [2.45, 2.75) is 26.1 Å². The Morgan fingerprint density at radius 1 is 1.17 bits per heavy atom. The molecule has 0 unspecified atom stereocenters. The molecule has 7 nitrogen and oxygen atoms in total. The number of nitrogens with one attached hydrogen (secondary N) is 2. The first-order chi connectivity index (χ1) is 14.2. The average Bonchev–Trinajstić information content (AvgIpc) is 2.71. The number of aromatic nitrogens is 1. The molecule has 30 heavy (non-hydrogen) atoms. The van der Waals surface area contributed by atoms with Gasteiger partial charge >= 0.3 is 0 Å². The highest BCUT2D eigenvalue weighted by atomic mass is 79.9. The fourth-order valence-electron chi connectivity index (χ4n) is 2.85. The van der Waals surface area contributed by atoms with E-state index in [0.717, 1.165) is 22.4 Å². The molecule has 0 spiro atoms. The van der Waals surface area contributed by atoms with Gasteiger partial charge in [-0.1, -0.05) is 22.0 Å². The van der Waals surface area contributed by atoms with Gasteiger partial charge < -0.3 is 15.5 Å². The molecular formula is C22H25BrN4O3. The van der Waals surface area contributed by atoms with Crippen LogP contribution in [0.25, 0.3) is 6.08 Å². The molecule has 2 N–H and O–H groups in total. The molecule has 0 atom stereocenters. The zero-order valence-electron chi connectivity index (χ0n) is 17.5. The fourth-order valence-corrected chi connectivity index (χ4v) is 3.72. The highest BCUT2D eigenvalue weighted by molar-refractivity contribution is 9.08. The van der Waals surface area contributed by atoms with E-state index in [2.05, 4.69) is 31.5 Å². The van der Waals surface area contributed by atoms with E-state index in [0.29, 0.717) is 16.7 Å². The molecule has 0 aliphatic rings. The summed E-state index contributed by atoms with van der Waals surface area (Å²) in [5.41, 5.74) is 4.85. The number of hydrogen-bond acceptors (Lipinski definition) is 4. The Kier molecular flexibility index (Phi) is 8.29.